The van der Waals surface area contributed by atoms with Crippen LogP contribution in [0, 0.1) is 0 Å². The largest absolute Gasteiger partial charge is 0.494 e. The Bertz CT molecular complexity index is 890. The van der Waals surface area contributed by atoms with Gasteiger partial charge < -0.3 is 9.47 Å². The van der Waals surface area contributed by atoms with Crippen LogP contribution in [0.25, 0.3) is 0 Å². The monoisotopic (exact) mass is 377 g/mol. The van der Waals surface area contributed by atoms with Crippen LogP contribution in [0.1, 0.15) is 27.6 Å². The lowest BCUT2D eigenvalue weighted by molar-refractivity contribution is 0.0474. The van der Waals surface area contributed by atoms with E-state index in [1.54, 1.807) is 24.3 Å². The lowest BCUT2D eigenvalue weighted by Gasteiger charge is -2.07. The van der Waals surface area contributed by atoms with Crippen LogP contribution in [0.3, 0.4) is 0 Å². The first-order valence-electron chi connectivity index (χ1n) is 7.84. The molecule has 0 unspecified atom stereocenters. The van der Waals surface area contributed by atoms with Crippen molar-refractivity contribution in [2.45, 2.75) is 11.8 Å². The highest BCUT2D eigenvalue weighted by atomic mass is 32.2. The van der Waals surface area contributed by atoms with E-state index in [0.717, 1.165) is 0 Å². The summed E-state index contributed by atoms with van der Waals surface area (Å²) < 4.78 is 36.0. The lowest BCUT2D eigenvalue weighted by atomic mass is 10.1. The maximum Gasteiger partial charge on any atom is 0.338 e. The number of hydrogen-bond acceptors (Lipinski definition) is 6. The second-order valence-corrected chi connectivity index (χ2v) is 7.08. The highest BCUT2D eigenvalue weighted by Gasteiger charge is 2.16. The summed E-state index contributed by atoms with van der Waals surface area (Å²) >= 11 is 0. The molecule has 2 aromatic rings. The molecule has 26 heavy (non-hydrogen) atoms. The van der Waals surface area contributed by atoms with Crippen molar-refractivity contribution in [3.05, 3.63) is 59.7 Å². The number of esters is 1. The molecule has 0 radical (unpaired) electrons. The summed E-state index contributed by atoms with van der Waals surface area (Å²) in [6.07, 6.45) is 0. The van der Waals surface area contributed by atoms with Gasteiger partial charge in [-0.3, -0.25) is 4.79 Å². The molecule has 0 aliphatic carbocycles. The Labute approximate surface area is 152 Å². The fourth-order valence-electron chi connectivity index (χ4n) is 2.11. The lowest BCUT2D eigenvalue weighted by Crippen LogP contribution is -2.19. The van der Waals surface area contributed by atoms with Crippen LogP contribution in [0.4, 0.5) is 0 Å². The molecule has 0 amide bonds. The number of hydrogen-bond donors (Lipinski definition) is 1. The van der Waals surface area contributed by atoms with Crippen molar-refractivity contribution in [3.63, 3.8) is 0 Å². The zero-order chi connectivity index (χ0) is 19.2. The fourth-order valence-corrected chi connectivity index (χ4v) is 2.89. The van der Waals surface area contributed by atoms with Crippen molar-refractivity contribution in [3.8, 4) is 5.75 Å². The Morgan fingerprint density at radius 3 is 2.35 bits per heavy atom. The number of benzene rings is 2. The van der Waals surface area contributed by atoms with Gasteiger partial charge in [-0.15, -0.1) is 0 Å². The molecular weight excluding hydrogens is 358 g/mol. The van der Waals surface area contributed by atoms with E-state index < -0.39 is 22.6 Å². The second kappa shape index (κ2) is 8.59. The Balaban J connectivity index is 2.02. The molecule has 8 heteroatoms. The summed E-state index contributed by atoms with van der Waals surface area (Å²) in [7, 11) is -2.40. The number of rotatable bonds is 8. The van der Waals surface area contributed by atoms with Crippen molar-refractivity contribution >= 4 is 21.8 Å². The van der Waals surface area contributed by atoms with E-state index in [-0.39, 0.29) is 16.2 Å². The van der Waals surface area contributed by atoms with Gasteiger partial charge in [0, 0.05) is 5.56 Å². The molecule has 0 saturated heterocycles. The number of sulfonamides is 1. The maximum absolute atomic E-state index is 12.1. The smallest absolute Gasteiger partial charge is 0.338 e. The zero-order valence-electron chi connectivity index (χ0n) is 14.4. The SMILES string of the molecule is CCOc1ccc(C(=O)COC(=O)c2cccc(S(=O)(=O)NC)c2)cc1. The predicted molar refractivity (Wildman–Crippen MR) is 94.9 cm³/mol. The summed E-state index contributed by atoms with van der Waals surface area (Å²) in [5, 5.41) is 0. The van der Waals surface area contributed by atoms with E-state index in [4.69, 9.17) is 9.47 Å². The van der Waals surface area contributed by atoms with Crippen molar-refractivity contribution in [2.75, 3.05) is 20.3 Å². The summed E-state index contributed by atoms with van der Waals surface area (Å²) in [5.41, 5.74) is 0.425. The molecule has 0 atom stereocenters. The van der Waals surface area contributed by atoms with Crippen LogP contribution in [0.5, 0.6) is 5.75 Å². The number of carbonyl (C=O) groups is 2. The first-order valence-corrected chi connectivity index (χ1v) is 9.32. The molecule has 138 valence electrons. The molecule has 0 heterocycles. The zero-order valence-corrected chi connectivity index (χ0v) is 15.2. The first kappa shape index (κ1) is 19.6. The fraction of sp³-hybridized carbons (Fsp3) is 0.222. The van der Waals surface area contributed by atoms with E-state index in [2.05, 4.69) is 4.72 Å². The highest BCUT2D eigenvalue weighted by molar-refractivity contribution is 7.89. The molecule has 0 aliphatic rings. The van der Waals surface area contributed by atoms with Gasteiger partial charge in [-0.1, -0.05) is 6.07 Å². The summed E-state index contributed by atoms with van der Waals surface area (Å²) in [5.74, 6) is -0.513. The van der Waals surface area contributed by atoms with E-state index in [0.29, 0.717) is 17.9 Å². The van der Waals surface area contributed by atoms with Crippen LogP contribution in [0.2, 0.25) is 0 Å². The summed E-state index contributed by atoms with van der Waals surface area (Å²) in [6, 6.07) is 11.9. The van der Waals surface area contributed by atoms with Gasteiger partial charge in [0.1, 0.15) is 5.75 Å². The van der Waals surface area contributed by atoms with Gasteiger partial charge in [-0.05, 0) is 56.4 Å². The van der Waals surface area contributed by atoms with Crippen molar-refractivity contribution in [1.82, 2.24) is 4.72 Å². The molecule has 1 N–H and O–H groups in total. The average Bonchev–Trinajstić information content (AvgIpc) is 2.66. The Morgan fingerprint density at radius 2 is 1.73 bits per heavy atom. The molecule has 0 bridgehead atoms. The van der Waals surface area contributed by atoms with Gasteiger partial charge in [0.25, 0.3) is 0 Å². The van der Waals surface area contributed by atoms with E-state index in [9.17, 15) is 18.0 Å². The number of nitrogens with one attached hydrogen (secondary N) is 1. The number of ether oxygens (including phenoxy) is 2. The molecule has 0 saturated carbocycles. The normalized spacial score (nSPS) is 11.0. The van der Waals surface area contributed by atoms with E-state index in [1.165, 1.54) is 31.3 Å². The molecule has 0 spiro atoms. The molecule has 0 fully saturated rings. The van der Waals surface area contributed by atoms with E-state index in [1.807, 2.05) is 6.92 Å². The number of Topliss-reactive ketones (excluding diaryl/α,β-unsaturated/α-hetero) is 1. The van der Waals surface area contributed by atoms with Crippen LogP contribution in [-0.4, -0.2) is 40.4 Å². The highest BCUT2D eigenvalue weighted by Crippen LogP contribution is 2.14. The molecule has 0 aliphatic heterocycles. The van der Waals surface area contributed by atoms with Gasteiger partial charge in [0.05, 0.1) is 17.1 Å². The average molecular weight is 377 g/mol. The van der Waals surface area contributed by atoms with Crippen LogP contribution < -0.4 is 9.46 Å². The number of ketones is 1. The topological polar surface area (TPSA) is 98.8 Å². The van der Waals surface area contributed by atoms with Crippen LogP contribution in [0.15, 0.2) is 53.4 Å². The van der Waals surface area contributed by atoms with Crippen molar-refractivity contribution in [1.29, 1.82) is 0 Å². The minimum atomic E-state index is -3.67. The Morgan fingerprint density at radius 1 is 1.04 bits per heavy atom. The Kier molecular flexibility index (Phi) is 6.48. The summed E-state index contributed by atoms with van der Waals surface area (Å²) in [6.45, 7) is 1.93. The minimum absolute atomic E-state index is 0.0424. The van der Waals surface area contributed by atoms with Gasteiger partial charge in [-0.2, -0.15) is 0 Å². The predicted octanol–water partition coefficient (Wildman–Crippen LogP) is 2.03. The van der Waals surface area contributed by atoms with Crippen LogP contribution in [-0.2, 0) is 14.8 Å². The van der Waals surface area contributed by atoms with Gasteiger partial charge >= 0.3 is 5.97 Å². The van der Waals surface area contributed by atoms with E-state index >= 15 is 0 Å². The molecule has 0 aromatic heterocycles. The minimum Gasteiger partial charge on any atom is -0.494 e. The Hall–Kier alpha value is -2.71. The third kappa shape index (κ3) is 4.90. The van der Waals surface area contributed by atoms with Gasteiger partial charge in [-0.25, -0.2) is 17.9 Å². The van der Waals surface area contributed by atoms with Crippen molar-refractivity contribution in [2.24, 2.45) is 0 Å². The number of carbonyl (C=O) groups excluding carboxylic acids is 2. The van der Waals surface area contributed by atoms with Gasteiger partial charge in [0.15, 0.2) is 12.4 Å². The first-order chi connectivity index (χ1) is 12.4. The molecule has 2 rings (SSSR count). The summed E-state index contributed by atoms with van der Waals surface area (Å²) in [4.78, 5) is 24.1. The molecular formula is C18H19NO6S. The third-order valence-corrected chi connectivity index (χ3v) is 4.88. The third-order valence-electron chi connectivity index (χ3n) is 3.47. The second-order valence-electron chi connectivity index (χ2n) is 5.19. The van der Waals surface area contributed by atoms with Gasteiger partial charge in [0.2, 0.25) is 10.0 Å². The quantitative estimate of drug-likeness (QED) is 0.558. The standard InChI is InChI=1S/C18H19NO6S/c1-3-24-15-9-7-13(8-10-15)17(20)12-25-18(21)14-5-4-6-16(11-14)26(22,23)19-2/h4-11,19H,3,12H2,1-2H3. The molecule has 2 aromatic carbocycles. The van der Waals surface area contributed by atoms with Crippen LogP contribution >= 0.6 is 0 Å². The maximum atomic E-state index is 12.1. The molecule has 7 nitrogen and oxygen atoms in total. The van der Waals surface area contributed by atoms with Crippen molar-refractivity contribution < 1.29 is 27.5 Å².